The third-order valence-electron chi connectivity index (χ3n) is 1.70. The molecule has 0 bridgehead atoms. The summed E-state index contributed by atoms with van der Waals surface area (Å²) >= 11 is 0. The highest BCUT2D eigenvalue weighted by Crippen LogP contribution is 2.30. The Morgan fingerprint density at radius 1 is 1.50 bits per heavy atom. The predicted molar refractivity (Wildman–Crippen MR) is 40.9 cm³/mol. The Morgan fingerprint density at radius 2 is 2.07 bits per heavy atom. The fraction of sp³-hybridized carbons (Fsp3) is 0.250. The van der Waals surface area contributed by atoms with Crippen molar-refractivity contribution in [3.63, 3.8) is 0 Å². The number of hydrogen-bond donors (Lipinski definition) is 1. The summed E-state index contributed by atoms with van der Waals surface area (Å²) in [4.78, 5) is 13.6. The van der Waals surface area contributed by atoms with Crippen molar-refractivity contribution < 1.29 is 23.1 Å². The van der Waals surface area contributed by atoms with Crippen LogP contribution in [0.1, 0.15) is 21.6 Å². The monoisotopic (exact) mass is 205 g/mol. The summed E-state index contributed by atoms with van der Waals surface area (Å²) in [5.74, 6) is -1.39. The Labute approximate surface area is 77.2 Å². The molecule has 1 aromatic heterocycles. The number of alkyl halides is 3. The topological polar surface area (TPSA) is 50.2 Å². The van der Waals surface area contributed by atoms with Gasteiger partial charge in [-0.25, -0.2) is 4.79 Å². The number of rotatable bonds is 1. The summed E-state index contributed by atoms with van der Waals surface area (Å²) in [7, 11) is 0. The zero-order chi connectivity index (χ0) is 10.9. The lowest BCUT2D eigenvalue weighted by molar-refractivity contribution is -0.141. The van der Waals surface area contributed by atoms with Crippen LogP contribution < -0.4 is 0 Å². The van der Waals surface area contributed by atoms with Gasteiger partial charge in [0, 0.05) is 6.20 Å². The van der Waals surface area contributed by atoms with Gasteiger partial charge in [0.15, 0.2) is 0 Å². The van der Waals surface area contributed by atoms with Crippen molar-refractivity contribution in [1.82, 2.24) is 4.98 Å². The van der Waals surface area contributed by atoms with Crippen molar-refractivity contribution in [2.24, 2.45) is 0 Å². The zero-order valence-electron chi connectivity index (χ0n) is 7.09. The number of carboxylic acid groups (broad SMARTS) is 1. The summed E-state index contributed by atoms with van der Waals surface area (Å²) in [5.41, 5.74) is -1.91. The molecule has 0 saturated heterocycles. The van der Waals surface area contributed by atoms with E-state index < -0.39 is 17.8 Å². The van der Waals surface area contributed by atoms with Crippen molar-refractivity contribution >= 4 is 5.97 Å². The normalized spacial score (nSPS) is 11.4. The smallest absolute Gasteiger partial charge is 0.433 e. The van der Waals surface area contributed by atoms with Gasteiger partial charge in [0.2, 0.25) is 0 Å². The molecule has 1 heterocycles. The first-order chi connectivity index (χ1) is 6.34. The van der Waals surface area contributed by atoms with E-state index in [-0.39, 0.29) is 11.1 Å². The number of aromatic nitrogens is 1. The maximum atomic E-state index is 12.2. The lowest BCUT2D eigenvalue weighted by atomic mass is 10.1. The fourth-order valence-corrected chi connectivity index (χ4v) is 1.05. The molecule has 0 aromatic carbocycles. The molecule has 1 rings (SSSR count). The molecule has 0 atom stereocenters. The van der Waals surface area contributed by atoms with Crippen molar-refractivity contribution in [2.75, 3.05) is 0 Å². The maximum Gasteiger partial charge on any atom is 0.433 e. The highest BCUT2D eigenvalue weighted by atomic mass is 19.4. The van der Waals surface area contributed by atoms with E-state index in [0.29, 0.717) is 0 Å². The molecule has 0 unspecified atom stereocenters. The number of pyridine rings is 1. The van der Waals surface area contributed by atoms with Crippen LogP contribution in [0.2, 0.25) is 0 Å². The number of hydrogen-bond acceptors (Lipinski definition) is 2. The second-order valence-electron chi connectivity index (χ2n) is 2.64. The van der Waals surface area contributed by atoms with Gasteiger partial charge in [0.25, 0.3) is 0 Å². The van der Waals surface area contributed by atoms with E-state index in [1.54, 1.807) is 0 Å². The summed E-state index contributed by atoms with van der Waals surface area (Å²) in [5, 5.41) is 8.56. The summed E-state index contributed by atoms with van der Waals surface area (Å²) in [6, 6.07) is 1.03. The summed E-state index contributed by atoms with van der Waals surface area (Å²) in [6.07, 6.45) is -3.78. The molecule has 14 heavy (non-hydrogen) atoms. The second kappa shape index (κ2) is 3.28. The van der Waals surface area contributed by atoms with Crippen molar-refractivity contribution in [1.29, 1.82) is 0 Å². The Hall–Kier alpha value is -1.59. The Kier molecular flexibility index (Phi) is 2.46. The Balaban J connectivity index is 3.35. The van der Waals surface area contributed by atoms with Crippen LogP contribution in [0.25, 0.3) is 0 Å². The molecule has 0 aliphatic carbocycles. The highest BCUT2D eigenvalue weighted by molar-refractivity contribution is 5.89. The fourth-order valence-electron chi connectivity index (χ4n) is 1.05. The molecule has 0 aliphatic rings. The van der Waals surface area contributed by atoms with E-state index in [2.05, 4.69) is 4.98 Å². The van der Waals surface area contributed by atoms with Crippen molar-refractivity contribution in [3.8, 4) is 0 Å². The Morgan fingerprint density at radius 3 is 2.50 bits per heavy atom. The Bertz CT molecular complexity index is 373. The van der Waals surface area contributed by atoms with Gasteiger partial charge in [-0.2, -0.15) is 13.2 Å². The maximum absolute atomic E-state index is 12.2. The van der Waals surface area contributed by atoms with Crippen LogP contribution in [-0.4, -0.2) is 16.1 Å². The average molecular weight is 205 g/mol. The molecule has 0 fully saturated rings. The predicted octanol–water partition coefficient (Wildman–Crippen LogP) is 2.11. The SMILES string of the molecule is Cc1c(C(=O)O)ccnc1C(F)(F)F. The number of carboxylic acids is 1. The van der Waals surface area contributed by atoms with Gasteiger partial charge in [-0.1, -0.05) is 0 Å². The molecule has 6 heteroatoms. The van der Waals surface area contributed by atoms with Crippen LogP contribution in [0.15, 0.2) is 12.3 Å². The quantitative estimate of drug-likeness (QED) is 0.763. The van der Waals surface area contributed by atoms with Gasteiger partial charge < -0.3 is 5.11 Å². The minimum atomic E-state index is -4.62. The molecule has 76 valence electrons. The molecule has 3 nitrogen and oxygen atoms in total. The largest absolute Gasteiger partial charge is 0.478 e. The van der Waals surface area contributed by atoms with E-state index in [0.717, 1.165) is 19.2 Å². The van der Waals surface area contributed by atoms with Crippen LogP contribution >= 0.6 is 0 Å². The molecule has 0 spiro atoms. The molecule has 0 saturated carbocycles. The van der Waals surface area contributed by atoms with Crippen molar-refractivity contribution in [3.05, 3.63) is 29.1 Å². The minimum absolute atomic E-state index is 0.368. The van der Waals surface area contributed by atoms with Gasteiger partial charge in [-0.05, 0) is 18.6 Å². The number of nitrogens with zero attached hydrogens (tertiary/aromatic N) is 1. The first-order valence-corrected chi connectivity index (χ1v) is 3.60. The first-order valence-electron chi connectivity index (χ1n) is 3.60. The minimum Gasteiger partial charge on any atom is -0.478 e. The van der Waals surface area contributed by atoms with E-state index in [1.807, 2.05) is 0 Å². The summed E-state index contributed by atoms with van der Waals surface area (Å²) in [6.45, 7) is 1.08. The van der Waals surface area contributed by atoms with Crippen LogP contribution in [0, 0.1) is 6.92 Å². The number of carbonyl (C=O) groups is 1. The number of aromatic carboxylic acids is 1. The molecular formula is C8H6F3NO2. The van der Waals surface area contributed by atoms with Gasteiger partial charge >= 0.3 is 12.1 Å². The lowest BCUT2D eigenvalue weighted by Crippen LogP contribution is -2.13. The van der Waals surface area contributed by atoms with E-state index in [4.69, 9.17) is 5.11 Å². The van der Waals surface area contributed by atoms with Crippen LogP contribution in [0.5, 0.6) is 0 Å². The van der Waals surface area contributed by atoms with Gasteiger partial charge in [0.05, 0.1) is 5.56 Å². The van der Waals surface area contributed by atoms with E-state index in [9.17, 15) is 18.0 Å². The van der Waals surface area contributed by atoms with Crippen molar-refractivity contribution in [2.45, 2.75) is 13.1 Å². The van der Waals surface area contributed by atoms with Crippen LogP contribution in [-0.2, 0) is 6.18 Å². The molecule has 1 aromatic rings. The van der Waals surface area contributed by atoms with Gasteiger partial charge in [-0.3, -0.25) is 4.98 Å². The van der Waals surface area contributed by atoms with E-state index in [1.165, 1.54) is 0 Å². The van der Waals surface area contributed by atoms with Gasteiger partial charge in [0.1, 0.15) is 5.69 Å². The van der Waals surface area contributed by atoms with E-state index >= 15 is 0 Å². The molecule has 0 radical (unpaired) electrons. The molecular weight excluding hydrogens is 199 g/mol. The second-order valence-corrected chi connectivity index (χ2v) is 2.64. The molecule has 1 N–H and O–H groups in total. The average Bonchev–Trinajstić information content (AvgIpc) is 2.01. The standard InChI is InChI=1S/C8H6F3NO2/c1-4-5(7(13)14)2-3-12-6(4)8(9,10)11/h2-3H,1H3,(H,13,14). The summed E-state index contributed by atoms with van der Waals surface area (Å²) < 4.78 is 36.7. The first kappa shape index (κ1) is 10.5. The lowest BCUT2D eigenvalue weighted by Gasteiger charge is -2.09. The molecule has 0 amide bonds. The zero-order valence-corrected chi connectivity index (χ0v) is 7.09. The third-order valence-corrected chi connectivity index (χ3v) is 1.70. The van der Waals surface area contributed by atoms with Gasteiger partial charge in [-0.15, -0.1) is 0 Å². The van der Waals surface area contributed by atoms with Crippen LogP contribution in [0.3, 0.4) is 0 Å². The van der Waals surface area contributed by atoms with Crippen LogP contribution in [0.4, 0.5) is 13.2 Å². The highest BCUT2D eigenvalue weighted by Gasteiger charge is 2.35. The molecule has 0 aliphatic heterocycles. The third kappa shape index (κ3) is 1.84. The number of halogens is 3.